The summed E-state index contributed by atoms with van der Waals surface area (Å²) >= 11 is 0. The highest BCUT2D eigenvalue weighted by atomic mass is 127. The van der Waals surface area contributed by atoms with Gasteiger partial charge in [0.15, 0.2) is 5.96 Å². The van der Waals surface area contributed by atoms with Crippen molar-refractivity contribution in [3.63, 3.8) is 0 Å². The second-order valence-electron chi connectivity index (χ2n) is 7.24. The van der Waals surface area contributed by atoms with Gasteiger partial charge in [0.2, 0.25) is 0 Å². The predicted molar refractivity (Wildman–Crippen MR) is 135 cm³/mol. The highest BCUT2D eigenvalue weighted by Gasteiger charge is 2.25. The topological polar surface area (TPSA) is 52.1 Å². The fraction of sp³-hybridized carbons (Fsp3) is 0.682. The summed E-state index contributed by atoms with van der Waals surface area (Å²) in [5.41, 5.74) is 1.17. The molecule has 0 aliphatic carbocycles. The van der Waals surface area contributed by atoms with E-state index in [1.165, 1.54) is 18.7 Å². The summed E-state index contributed by atoms with van der Waals surface area (Å²) in [7, 11) is 1.74. The maximum Gasteiger partial charge on any atom is 0.191 e. The molecule has 1 saturated heterocycles. The van der Waals surface area contributed by atoms with Crippen molar-refractivity contribution in [2.24, 2.45) is 4.99 Å². The van der Waals surface area contributed by atoms with Crippen molar-refractivity contribution in [3.05, 3.63) is 24.3 Å². The van der Waals surface area contributed by atoms with Crippen LogP contribution in [0.4, 0.5) is 5.69 Å². The Kier molecular flexibility index (Phi) is 13.1. The molecular weight excluding hydrogens is 477 g/mol. The van der Waals surface area contributed by atoms with Crippen molar-refractivity contribution in [3.8, 4) is 5.75 Å². The summed E-state index contributed by atoms with van der Waals surface area (Å²) in [4.78, 5) is 9.65. The van der Waals surface area contributed by atoms with Crippen LogP contribution in [0.25, 0.3) is 0 Å². The van der Waals surface area contributed by atoms with E-state index in [1.54, 1.807) is 7.11 Å². The molecule has 2 N–H and O–H groups in total. The number of halogens is 1. The van der Waals surface area contributed by atoms with Gasteiger partial charge in [-0.3, -0.25) is 4.99 Å². The first-order valence-corrected chi connectivity index (χ1v) is 10.9. The Labute approximate surface area is 194 Å². The molecule has 0 spiro atoms. The second-order valence-corrected chi connectivity index (χ2v) is 7.24. The van der Waals surface area contributed by atoms with E-state index in [9.17, 15) is 0 Å². The highest BCUT2D eigenvalue weighted by molar-refractivity contribution is 14.0. The number of rotatable bonds is 11. The number of unbranched alkanes of at least 4 members (excludes halogenated alkanes) is 1. The van der Waals surface area contributed by atoms with E-state index in [0.717, 1.165) is 63.8 Å². The van der Waals surface area contributed by atoms with Crippen LogP contribution in [-0.4, -0.2) is 69.8 Å². The van der Waals surface area contributed by atoms with Crippen molar-refractivity contribution >= 4 is 35.6 Å². The number of benzene rings is 1. The lowest BCUT2D eigenvalue weighted by Gasteiger charge is -2.22. The molecule has 6 nitrogen and oxygen atoms in total. The molecular formula is C22H40IN5O. The van der Waals surface area contributed by atoms with Crippen LogP contribution in [-0.2, 0) is 0 Å². The molecule has 0 saturated carbocycles. The Balaban J connectivity index is 0.00000420. The SMILES string of the molecule is CCNC(=NCCCCN(CC)CC)NC1CCN(c2ccccc2OC)C1.I. The number of nitrogens with one attached hydrogen (secondary N) is 2. The number of hydrogen-bond donors (Lipinski definition) is 2. The van der Waals surface area contributed by atoms with Crippen molar-refractivity contribution in [2.45, 2.75) is 46.1 Å². The molecule has 0 aromatic heterocycles. The zero-order valence-corrected chi connectivity index (χ0v) is 20.9. The monoisotopic (exact) mass is 517 g/mol. The van der Waals surface area contributed by atoms with Gasteiger partial charge < -0.3 is 25.2 Å². The Morgan fingerprint density at radius 3 is 2.66 bits per heavy atom. The van der Waals surface area contributed by atoms with Gasteiger partial charge in [-0.2, -0.15) is 0 Å². The molecule has 1 fully saturated rings. The molecule has 166 valence electrons. The van der Waals surface area contributed by atoms with Crippen LogP contribution < -0.4 is 20.3 Å². The minimum atomic E-state index is 0. The van der Waals surface area contributed by atoms with E-state index in [2.05, 4.69) is 53.3 Å². The molecule has 1 unspecified atom stereocenters. The third-order valence-electron chi connectivity index (χ3n) is 5.35. The maximum atomic E-state index is 5.52. The maximum absolute atomic E-state index is 5.52. The molecule has 1 aromatic rings. The van der Waals surface area contributed by atoms with E-state index < -0.39 is 0 Å². The Morgan fingerprint density at radius 1 is 1.21 bits per heavy atom. The van der Waals surface area contributed by atoms with Crippen LogP contribution in [0, 0.1) is 0 Å². The van der Waals surface area contributed by atoms with Gasteiger partial charge in [-0.25, -0.2) is 0 Å². The van der Waals surface area contributed by atoms with Gasteiger partial charge in [-0.05, 0) is 58.0 Å². The van der Waals surface area contributed by atoms with Crippen LogP contribution >= 0.6 is 24.0 Å². The molecule has 0 radical (unpaired) electrons. The van der Waals surface area contributed by atoms with E-state index in [4.69, 9.17) is 9.73 Å². The molecule has 0 bridgehead atoms. The first-order chi connectivity index (χ1) is 13.7. The van der Waals surface area contributed by atoms with Crippen LogP contribution in [0.5, 0.6) is 5.75 Å². The number of guanidine groups is 1. The Hall–Kier alpha value is -1.22. The zero-order valence-electron chi connectivity index (χ0n) is 18.6. The first kappa shape index (κ1) is 25.8. The minimum Gasteiger partial charge on any atom is -0.495 e. The van der Waals surface area contributed by atoms with Crippen molar-refractivity contribution < 1.29 is 4.74 Å². The smallest absolute Gasteiger partial charge is 0.191 e. The lowest BCUT2D eigenvalue weighted by atomic mass is 10.2. The van der Waals surface area contributed by atoms with Gasteiger partial charge in [-0.1, -0.05) is 26.0 Å². The van der Waals surface area contributed by atoms with E-state index in [-0.39, 0.29) is 24.0 Å². The quantitative estimate of drug-likeness (QED) is 0.204. The number of para-hydroxylation sites is 2. The van der Waals surface area contributed by atoms with Gasteiger partial charge in [0.25, 0.3) is 0 Å². The average molecular weight is 518 g/mol. The normalized spacial score (nSPS) is 16.7. The average Bonchev–Trinajstić information content (AvgIpc) is 3.19. The summed E-state index contributed by atoms with van der Waals surface area (Å²) in [6, 6.07) is 8.65. The van der Waals surface area contributed by atoms with Gasteiger partial charge in [0.1, 0.15) is 5.75 Å². The molecule has 1 aliphatic rings. The van der Waals surface area contributed by atoms with Crippen LogP contribution in [0.3, 0.4) is 0 Å². The van der Waals surface area contributed by atoms with Crippen LogP contribution in [0.2, 0.25) is 0 Å². The molecule has 2 rings (SSSR count). The fourth-order valence-corrected chi connectivity index (χ4v) is 3.68. The number of ether oxygens (including phenoxy) is 1. The van der Waals surface area contributed by atoms with Gasteiger partial charge >= 0.3 is 0 Å². The second kappa shape index (κ2) is 14.7. The summed E-state index contributed by atoms with van der Waals surface area (Å²) in [6.45, 7) is 13.8. The van der Waals surface area contributed by atoms with Gasteiger partial charge in [-0.15, -0.1) is 24.0 Å². The minimum absolute atomic E-state index is 0. The lowest BCUT2D eigenvalue weighted by Crippen LogP contribution is -2.44. The third-order valence-corrected chi connectivity index (χ3v) is 5.35. The zero-order chi connectivity index (χ0) is 20.2. The Bertz CT molecular complexity index is 594. The fourth-order valence-electron chi connectivity index (χ4n) is 3.68. The van der Waals surface area contributed by atoms with E-state index in [0.29, 0.717) is 6.04 Å². The number of hydrogen-bond acceptors (Lipinski definition) is 4. The lowest BCUT2D eigenvalue weighted by molar-refractivity contribution is 0.297. The molecule has 29 heavy (non-hydrogen) atoms. The van der Waals surface area contributed by atoms with Crippen molar-refractivity contribution in [1.29, 1.82) is 0 Å². The molecule has 0 amide bonds. The summed E-state index contributed by atoms with van der Waals surface area (Å²) in [6.07, 6.45) is 3.44. The number of methoxy groups -OCH3 is 1. The summed E-state index contributed by atoms with van der Waals surface area (Å²) in [5.74, 6) is 1.88. The molecule has 1 atom stereocenters. The molecule has 7 heteroatoms. The summed E-state index contributed by atoms with van der Waals surface area (Å²) < 4.78 is 5.52. The van der Waals surface area contributed by atoms with E-state index >= 15 is 0 Å². The largest absolute Gasteiger partial charge is 0.495 e. The third kappa shape index (κ3) is 8.58. The highest BCUT2D eigenvalue weighted by Crippen LogP contribution is 2.30. The predicted octanol–water partition coefficient (Wildman–Crippen LogP) is 3.57. The Morgan fingerprint density at radius 2 is 1.97 bits per heavy atom. The van der Waals surface area contributed by atoms with Gasteiger partial charge in [0.05, 0.1) is 12.8 Å². The van der Waals surface area contributed by atoms with E-state index in [1.807, 2.05) is 12.1 Å². The van der Waals surface area contributed by atoms with Crippen LogP contribution in [0.1, 0.15) is 40.0 Å². The summed E-state index contributed by atoms with van der Waals surface area (Å²) in [5, 5.41) is 7.02. The van der Waals surface area contributed by atoms with Crippen LogP contribution in [0.15, 0.2) is 29.3 Å². The molecule has 1 aromatic carbocycles. The molecule has 1 heterocycles. The van der Waals surface area contributed by atoms with Crippen molar-refractivity contribution in [1.82, 2.24) is 15.5 Å². The van der Waals surface area contributed by atoms with Gasteiger partial charge in [0, 0.05) is 32.2 Å². The standard InChI is InChI=1S/C22H39N5O.HI/c1-5-23-22(24-15-10-11-16-26(6-2)7-3)25-19-14-17-27(18-19)20-12-8-9-13-21(20)28-4;/h8-9,12-13,19H,5-7,10-11,14-18H2,1-4H3,(H2,23,24,25);1H. The van der Waals surface area contributed by atoms with Crippen molar-refractivity contribution in [2.75, 3.05) is 57.8 Å². The number of aliphatic imine (C=N–C) groups is 1. The number of anilines is 1. The molecule has 1 aliphatic heterocycles. The number of nitrogens with zero attached hydrogens (tertiary/aromatic N) is 3. The first-order valence-electron chi connectivity index (χ1n) is 10.9.